The fourth-order valence-corrected chi connectivity index (χ4v) is 15.2. The Morgan fingerprint density at radius 1 is 0.692 bits per heavy atom. The molecule has 3 N–H and O–H groups in total. The van der Waals surface area contributed by atoms with Gasteiger partial charge < -0.3 is 60.0 Å². The Morgan fingerprint density at radius 3 is 1.84 bits per heavy atom. The number of carbonyl (C=O) groups excluding carboxylic acids is 12. The number of halogens is 7. The zero-order valence-electron chi connectivity index (χ0n) is 63.8. The van der Waals surface area contributed by atoms with Crippen molar-refractivity contribution < 1.29 is 83.9 Å². The minimum Gasteiger partial charge on any atom is -0.347 e. The van der Waals surface area contributed by atoms with Crippen LogP contribution in [0.15, 0.2) is 67.3 Å². The minimum absolute atomic E-state index is 0.0500. The van der Waals surface area contributed by atoms with Crippen LogP contribution < -0.4 is 16.0 Å². The molecule has 0 aromatic heterocycles. The quantitative estimate of drug-likeness (QED) is 0.117. The predicted octanol–water partition coefficient (Wildman–Crippen LogP) is 7.29. The number of aryl methyl sites for hydroxylation is 1. The van der Waals surface area contributed by atoms with Gasteiger partial charge >= 0.3 is 12.4 Å². The van der Waals surface area contributed by atoms with E-state index in [1.54, 1.807) is 20.8 Å². The number of carbonyl (C=O) groups is 12. The number of amides is 12. The van der Waals surface area contributed by atoms with Crippen molar-refractivity contribution in [1.82, 2.24) is 60.0 Å². The van der Waals surface area contributed by atoms with Gasteiger partial charge in [0.2, 0.25) is 70.9 Å². The summed E-state index contributed by atoms with van der Waals surface area (Å²) in [6.45, 7) is 14.4. The van der Waals surface area contributed by atoms with E-state index in [0.717, 1.165) is 71.9 Å². The maximum Gasteiger partial charge on any atom is 0.417 e. The molecule has 4 fully saturated rings. The highest BCUT2D eigenvalue weighted by Crippen LogP contribution is 2.39. The standard InChI is InChI=1S/C76H107ClF6N12O12/c1-16-36-94-59(41-49-26-30-51(31-27-49)75(78,79)80)69(103)88(10)43-60(96)84-54(33-29-48-28-32-52(53(77)40-48)76(81,82)83)67(101)95-37-22-25-55(95)66(100)86-74(34-20-21-35-74)73(107)93(15)64(50-23-18-19-24-50)72(106)92(14)58(68(102)87(8)9)42-61(97)90(12)56(38-45(3)4)65(99)85-63(47(7)17-2)71(105)89(11)44-62(98)91(13)57(70(94)104)39-46(5)6/h16,26-28,30-32,40,45,47,50,54-59,63-64H,1,5,17-25,29,33-39,41-44H2,2-4,6-15H3,(H,84,96)(H,85,99)(H,86,100)/t47-,54-,55?,56-,57-,58-,59-,63-,64-/m0/s1. The summed E-state index contributed by atoms with van der Waals surface area (Å²) in [5, 5.41) is 7.87. The van der Waals surface area contributed by atoms with Crippen LogP contribution in [0.3, 0.4) is 0 Å². The molecule has 24 nitrogen and oxygen atoms in total. The van der Waals surface area contributed by atoms with Crippen LogP contribution in [0.2, 0.25) is 5.02 Å². The summed E-state index contributed by atoms with van der Waals surface area (Å²) in [6.07, 6.45) is -6.06. The molecule has 2 heterocycles. The average molecular weight is 1530 g/mol. The van der Waals surface area contributed by atoms with Crippen molar-refractivity contribution in [2.45, 2.75) is 210 Å². The molecule has 0 radical (unpaired) electrons. The lowest BCUT2D eigenvalue weighted by Crippen LogP contribution is -2.65. The second-order valence-electron chi connectivity index (χ2n) is 30.0. The molecular weight excluding hydrogens is 1420 g/mol. The third kappa shape index (κ3) is 21.9. The van der Waals surface area contributed by atoms with E-state index < -0.39 is 198 Å². The van der Waals surface area contributed by atoms with Crippen LogP contribution in [-0.2, 0) is 82.7 Å². The lowest BCUT2D eigenvalue weighted by molar-refractivity contribution is -0.156. The van der Waals surface area contributed by atoms with Gasteiger partial charge in [-0.25, -0.2) is 0 Å². The number of nitrogens with zero attached hydrogens (tertiary/aromatic N) is 9. The number of hydrogen-bond acceptors (Lipinski definition) is 12. The van der Waals surface area contributed by atoms with Gasteiger partial charge in [-0.2, -0.15) is 26.3 Å². The van der Waals surface area contributed by atoms with E-state index >= 15 is 28.8 Å². The average Bonchev–Trinajstić information content (AvgIpc) is 1.72. The molecule has 2 saturated carbocycles. The Labute approximate surface area is 628 Å². The van der Waals surface area contributed by atoms with E-state index in [9.17, 15) is 55.1 Å². The number of nitrogens with one attached hydrogen (secondary N) is 3. The summed E-state index contributed by atoms with van der Waals surface area (Å²) < 4.78 is 83.8. The van der Waals surface area contributed by atoms with Crippen molar-refractivity contribution in [3.05, 3.63) is 94.5 Å². The van der Waals surface area contributed by atoms with Gasteiger partial charge in [-0.3, -0.25) is 57.5 Å². The van der Waals surface area contributed by atoms with E-state index in [0.29, 0.717) is 50.5 Å². The summed E-state index contributed by atoms with van der Waals surface area (Å²) in [5.41, 5.74) is -3.13. The first kappa shape index (κ1) is 87.3. The molecule has 9 atom stereocenters. The molecule has 0 bridgehead atoms. The second kappa shape index (κ2) is 37.5. The highest BCUT2D eigenvalue weighted by atomic mass is 35.5. The highest BCUT2D eigenvalue weighted by Gasteiger charge is 2.52. The van der Waals surface area contributed by atoms with Gasteiger partial charge in [-0.05, 0) is 124 Å². The SMILES string of the molecule is C=CCN1C(=O)[C@H](CC(=C)C)N(C)C(=O)CN(C)C(=O)[C@H]([C@@H](C)CC)NC(=O)[C@H](CC(C)C)N(C)C(=O)C[C@@H](C(=O)N(C)C)N(C)C(=O)[C@H](C2CCCC2)N(C)C(=O)C2(CCCC2)NC(=O)C2CCCN2C(=O)[C@H](CCc2ccc(C(F)(F)F)c(Cl)c2)NC(=O)CN(C)C(=O)[C@@H]1Cc1ccc(C(F)(F)F)cc1. The van der Waals surface area contributed by atoms with E-state index in [4.69, 9.17) is 11.6 Å². The van der Waals surface area contributed by atoms with Gasteiger partial charge in [0.25, 0.3) is 0 Å². The minimum atomic E-state index is -4.83. The first-order valence-electron chi connectivity index (χ1n) is 36.6. The molecule has 1 spiro atoms. The number of rotatable bonds is 15. The Hall–Kier alpha value is -8.57. The number of hydrogen-bond donors (Lipinski definition) is 3. The normalized spacial score (nSPS) is 24.7. The smallest absolute Gasteiger partial charge is 0.347 e. The van der Waals surface area contributed by atoms with Crippen LogP contribution in [-0.4, -0.2) is 251 Å². The molecule has 1 unspecified atom stereocenters. The van der Waals surface area contributed by atoms with E-state index in [1.807, 2.05) is 13.8 Å². The molecular formula is C76H107ClF6N12O12. The van der Waals surface area contributed by atoms with Gasteiger partial charge in [-0.1, -0.05) is 101 Å². The number of likely N-dealkylation sites (N-methyl/N-ethyl adjacent to an activating group) is 7. The molecule has 12 amide bonds. The van der Waals surface area contributed by atoms with E-state index in [-0.39, 0.29) is 75.0 Å². The lowest BCUT2D eigenvalue weighted by atomic mass is 9.90. The highest BCUT2D eigenvalue weighted by molar-refractivity contribution is 6.31. The monoisotopic (exact) mass is 1530 g/mol. The van der Waals surface area contributed by atoms with Crippen LogP contribution in [0.25, 0.3) is 0 Å². The van der Waals surface area contributed by atoms with E-state index in [1.165, 1.54) is 77.2 Å². The van der Waals surface area contributed by atoms with Crippen LogP contribution in [0.1, 0.15) is 153 Å². The fraction of sp³-hybridized carbons (Fsp3) is 0.632. The van der Waals surface area contributed by atoms with Gasteiger partial charge in [0, 0.05) is 75.9 Å². The summed E-state index contributed by atoms with van der Waals surface area (Å²) in [5.74, 6) is -10.8. The second-order valence-corrected chi connectivity index (χ2v) is 30.4. The summed E-state index contributed by atoms with van der Waals surface area (Å²) in [6, 6.07) is -4.67. The molecule has 2 aromatic carbocycles. The molecule has 2 aliphatic heterocycles. The van der Waals surface area contributed by atoms with E-state index in [2.05, 4.69) is 29.1 Å². The van der Waals surface area contributed by atoms with Crippen molar-refractivity contribution >= 4 is 82.5 Å². The Morgan fingerprint density at radius 2 is 1.29 bits per heavy atom. The topological polar surface area (TPSA) is 270 Å². The van der Waals surface area contributed by atoms with Crippen molar-refractivity contribution in [3.8, 4) is 0 Å². The fourth-order valence-electron chi connectivity index (χ4n) is 14.9. The van der Waals surface area contributed by atoms with Gasteiger partial charge in [-0.15, -0.1) is 13.2 Å². The summed E-state index contributed by atoms with van der Waals surface area (Å²) in [4.78, 5) is 191. The van der Waals surface area contributed by atoms with Gasteiger partial charge in [0.05, 0.1) is 35.7 Å². The largest absolute Gasteiger partial charge is 0.417 e. The lowest BCUT2D eigenvalue weighted by Gasteiger charge is -2.42. The van der Waals surface area contributed by atoms with Crippen LogP contribution >= 0.6 is 11.6 Å². The first-order chi connectivity index (χ1) is 50.0. The molecule has 592 valence electrons. The van der Waals surface area contributed by atoms with Crippen molar-refractivity contribution in [2.24, 2.45) is 17.8 Å². The van der Waals surface area contributed by atoms with Crippen LogP contribution in [0.5, 0.6) is 0 Å². The molecule has 2 aliphatic carbocycles. The Bertz CT molecular complexity index is 3600. The predicted molar refractivity (Wildman–Crippen MR) is 389 cm³/mol. The van der Waals surface area contributed by atoms with Crippen LogP contribution in [0, 0.1) is 17.8 Å². The van der Waals surface area contributed by atoms with Gasteiger partial charge in [0.1, 0.15) is 53.9 Å². The van der Waals surface area contributed by atoms with Gasteiger partial charge in [0.15, 0.2) is 0 Å². The van der Waals surface area contributed by atoms with Crippen molar-refractivity contribution in [2.75, 3.05) is 82.6 Å². The van der Waals surface area contributed by atoms with Crippen LogP contribution in [0.4, 0.5) is 26.3 Å². The molecule has 107 heavy (non-hydrogen) atoms. The molecule has 6 rings (SSSR count). The zero-order valence-corrected chi connectivity index (χ0v) is 64.6. The number of fused-ring (bicyclic) bond motifs is 1. The molecule has 2 saturated heterocycles. The third-order valence-corrected chi connectivity index (χ3v) is 21.6. The summed E-state index contributed by atoms with van der Waals surface area (Å²) in [7, 11) is 10.9. The number of benzene rings is 2. The Balaban J connectivity index is 1.51. The number of alkyl halides is 6. The first-order valence-corrected chi connectivity index (χ1v) is 36.9. The Kier molecular flexibility index (Phi) is 30.6. The third-order valence-electron chi connectivity index (χ3n) is 21.3. The van der Waals surface area contributed by atoms with Crippen molar-refractivity contribution in [1.29, 1.82) is 0 Å². The zero-order chi connectivity index (χ0) is 80.1. The molecule has 2 aromatic rings. The molecule has 4 aliphatic rings. The maximum atomic E-state index is 15.6. The summed E-state index contributed by atoms with van der Waals surface area (Å²) >= 11 is 6.15. The maximum absolute atomic E-state index is 15.6. The molecule has 31 heteroatoms. The van der Waals surface area contributed by atoms with Crippen molar-refractivity contribution in [3.63, 3.8) is 0 Å².